The average molecular weight is 387 g/mol. The second kappa shape index (κ2) is 7.62. The number of ether oxygens (including phenoxy) is 1. The molecule has 3 aromatic rings. The minimum atomic E-state index is -0.0320. The summed E-state index contributed by atoms with van der Waals surface area (Å²) in [6.07, 6.45) is 2.21. The van der Waals surface area contributed by atoms with Crippen molar-refractivity contribution in [1.29, 1.82) is 0 Å². The van der Waals surface area contributed by atoms with Gasteiger partial charge in [0.2, 0.25) is 0 Å². The molecule has 0 fully saturated rings. The number of para-hydroxylation sites is 1. The fourth-order valence-corrected chi connectivity index (χ4v) is 4.13. The van der Waals surface area contributed by atoms with E-state index in [2.05, 4.69) is 57.7 Å². The molecule has 2 aliphatic rings. The average Bonchev–Trinajstić information content (AvgIpc) is 3.04. The first-order valence-corrected chi connectivity index (χ1v) is 10.2. The van der Waals surface area contributed by atoms with Gasteiger partial charge < -0.3 is 20.7 Å². The van der Waals surface area contributed by atoms with Gasteiger partial charge in [0.25, 0.3) is 6.02 Å². The Kier molecular flexibility index (Phi) is 4.68. The molecule has 2 aliphatic heterocycles. The Morgan fingerprint density at radius 1 is 1.10 bits per heavy atom. The lowest BCUT2D eigenvalue weighted by atomic mass is 10.0. The first-order valence-electron chi connectivity index (χ1n) is 10.2. The van der Waals surface area contributed by atoms with Crippen molar-refractivity contribution in [1.82, 2.24) is 4.98 Å². The highest BCUT2D eigenvalue weighted by Gasteiger charge is 2.20. The molecule has 1 atom stereocenters. The van der Waals surface area contributed by atoms with Crippen LogP contribution in [0.1, 0.15) is 17.5 Å². The lowest BCUT2D eigenvalue weighted by Gasteiger charge is -2.24. The molecule has 148 valence electrons. The molecule has 0 bridgehead atoms. The van der Waals surface area contributed by atoms with Crippen LogP contribution in [0.25, 0.3) is 10.9 Å². The van der Waals surface area contributed by atoms with Crippen LogP contribution < -0.4 is 16.0 Å². The van der Waals surface area contributed by atoms with Crippen molar-refractivity contribution < 1.29 is 4.74 Å². The van der Waals surface area contributed by atoms with Gasteiger partial charge in [0.15, 0.2) is 0 Å². The van der Waals surface area contributed by atoms with Crippen LogP contribution in [0.5, 0.6) is 0 Å². The second-order valence-electron chi connectivity index (χ2n) is 7.64. The Morgan fingerprint density at radius 2 is 1.93 bits per heavy atom. The molecule has 0 saturated carbocycles. The molecule has 0 radical (unpaired) electrons. The number of nitrogens with one attached hydrogen (secondary N) is 1. The molecule has 5 rings (SSSR count). The third-order valence-corrected chi connectivity index (χ3v) is 5.64. The van der Waals surface area contributed by atoms with Crippen molar-refractivity contribution in [2.45, 2.75) is 25.5 Å². The van der Waals surface area contributed by atoms with E-state index in [0.29, 0.717) is 13.1 Å². The highest BCUT2D eigenvalue weighted by molar-refractivity contribution is 5.93. The number of aromatic nitrogens is 1. The summed E-state index contributed by atoms with van der Waals surface area (Å²) < 4.78 is 5.54. The van der Waals surface area contributed by atoms with E-state index in [4.69, 9.17) is 15.5 Å². The zero-order valence-electron chi connectivity index (χ0n) is 16.3. The maximum Gasteiger partial charge on any atom is 0.282 e. The van der Waals surface area contributed by atoms with Crippen molar-refractivity contribution in [3.05, 3.63) is 65.7 Å². The van der Waals surface area contributed by atoms with E-state index in [9.17, 15) is 0 Å². The Hall–Kier alpha value is -3.28. The minimum Gasteiger partial charge on any atom is -0.458 e. The van der Waals surface area contributed by atoms with E-state index in [1.165, 1.54) is 11.1 Å². The summed E-state index contributed by atoms with van der Waals surface area (Å²) in [5.41, 5.74) is 10.5. The summed E-state index contributed by atoms with van der Waals surface area (Å²) in [6, 6.07) is 19.4. The van der Waals surface area contributed by atoms with Crippen LogP contribution in [-0.4, -0.2) is 36.7 Å². The van der Waals surface area contributed by atoms with Gasteiger partial charge in [0, 0.05) is 30.2 Å². The zero-order chi connectivity index (χ0) is 19.6. The van der Waals surface area contributed by atoms with Gasteiger partial charge in [-0.15, -0.1) is 0 Å². The van der Waals surface area contributed by atoms with E-state index in [-0.39, 0.29) is 12.1 Å². The Balaban J connectivity index is 1.45. The third kappa shape index (κ3) is 3.70. The standard InChI is InChI=1S/C23H25N5O/c24-23-26-14-18(29-23)13-25-21-12-22(27-20-10-4-3-9-19(20)21)28-11-5-8-16-6-1-2-7-17(16)15-28/h1-4,6-7,9-10,12,18H,5,8,11,13-15H2,(H2,24,26)(H,25,27). The molecule has 0 aliphatic carbocycles. The maximum absolute atomic E-state index is 5.64. The Morgan fingerprint density at radius 3 is 2.79 bits per heavy atom. The highest BCUT2D eigenvalue weighted by Crippen LogP contribution is 2.30. The molecule has 0 amide bonds. The number of nitrogens with two attached hydrogens (primary N) is 1. The molecule has 3 heterocycles. The number of hydrogen-bond acceptors (Lipinski definition) is 6. The van der Waals surface area contributed by atoms with E-state index in [1.807, 2.05) is 12.1 Å². The van der Waals surface area contributed by atoms with Crippen molar-refractivity contribution in [2.24, 2.45) is 10.7 Å². The van der Waals surface area contributed by atoms with E-state index < -0.39 is 0 Å². The van der Waals surface area contributed by atoms with Crippen LogP contribution >= 0.6 is 0 Å². The van der Waals surface area contributed by atoms with Crippen LogP contribution in [-0.2, 0) is 17.7 Å². The molecule has 3 N–H and O–H groups in total. The van der Waals surface area contributed by atoms with Gasteiger partial charge in [-0.25, -0.2) is 9.98 Å². The number of amidine groups is 1. The van der Waals surface area contributed by atoms with Gasteiger partial charge in [-0.05, 0) is 30.0 Å². The van der Waals surface area contributed by atoms with Crippen LogP contribution in [0.15, 0.2) is 59.6 Å². The summed E-state index contributed by atoms with van der Waals surface area (Å²) in [4.78, 5) is 11.5. The SMILES string of the molecule is NC1=NCC(CNc2cc(N3CCCc4ccccc4C3)nc3ccccc23)O1. The molecule has 0 spiro atoms. The topological polar surface area (TPSA) is 75.8 Å². The lowest BCUT2D eigenvalue weighted by Crippen LogP contribution is -2.26. The third-order valence-electron chi connectivity index (χ3n) is 5.64. The van der Waals surface area contributed by atoms with Gasteiger partial charge in [0.05, 0.1) is 18.6 Å². The number of hydrogen-bond donors (Lipinski definition) is 2. The van der Waals surface area contributed by atoms with Crippen molar-refractivity contribution in [3.8, 4) is 0 Å². The largest absolute Gasteiger partial charge is 0.458 e. The normalized spacial score (nSPS) is 18.7. The quantitative estimate of drug-likeness (QED) is 0.718. The highest BCUT2D eigenvalue weighted by atomic mass is 16.5. The van der Waals surface area contributed by atoms with Crippen molar-refractivity contribution >= 4 is 28.4 Å². The second-order valence-corrected chi connectivity index (χ2v) is 7.64. The number of aryl methyl sites for hydroxylation is 1. The Bertz CT molecular complexity index is 1060. The summed E-state index contributed by atoms with van der Waals surface area (Å²) in [7, 11) is 0. The Labute approximate surface area is 170 Å². The molecule has 0 saturated heterocycles. The number of pyridine rings is 1. The van der Waals surface area contributed by atoms with E-state index in [0.717, 1.165) is 48.3 Å². The van der Waals surface area contributed by atoms with E-state index in [1.54, 1.807) is 0 Å². The van der Waals surface area contributed by atoms with E-state index >= 15 is 0 Å². The smallest absolute Gasteiger partial charge is 0.282 e. The number of nitrogens with zero attached hydrogens (tertiary/aromatic N) is 3. The monoisotopic (exact) mass is 387 g/mol. The molecule has 29 heavy (non-hydrogen) atoms. The summed E-state index contributed by atoms with van der Waals surface area (Å²) >= 11 is 0. The molecule has 6 nitrogen and oxygen atoms in total. The fraction of sp³-hybridized carbons (Fsp3) is 0.304. The fourth-order valence-electron chi connectivity index (χ4n) is 4.13. The van der Waals surface area contributed by atoms with Crippen LogP contribution in [0.4, 0.5) is 11.5 Å². The zero-order valence-corrected chi connectivity index (χ0v) is 16.3. The van der Waals surface area contributed by atoms with Crippen LogP contribution in [0.2, 0.25) is 0 Å². The summed E-state index contributed by atoms with van der Waals surface area (Å²) in [6.45, 7) is 3.13. The predicted octanol–water partition coefficient (Wildman–Crippen LogP) is 3.31. The minimum absolute atomic E-state index is 0.0320. The van der Waals surface area contributed by atoms with Crippen molar-refractivity contribution in [2.75, 3.05) is 29.9 Å². The number of fused-ring (bicyclic) bond motifs is 2. The predicted molar refractivity (Wildman–Crippen MR) is 117 cm³/mol. The summed E-state index contributed by atoms with van der Waals surface area (Å²) in [5, 5.41) is 4.65. The van der Waals surface area contributed by atoms with Gasteiger partial charge in [-0.2, -0.15) is 0 Å². The molecule has 1 unspecified atom stereocenters. The van der Waals surface area contributed by atoms with Crippen LogP contribution in [0.3, 0.4) is 0 Å². The molecule has 2 aromatic carbocycles. The van der Waals surface area contributed by atoms with Gasteiger partial charge >= 0.3 is 0 Å². The first-order chi connectivity index (χ1) is 14.3. The number of benzene rings is 2. The van der Waals surface area contributed by atoms with Crippen molar-refractivity contribution in [3.63, 3.8) is 0 Å². The number of aliphatic imine (C=N–C) groups is 1. The van der Waals surface area contributed by atoms with Gasteiger partial charge in [-0.1, -0.05) is 42.5 Å². The van der Waals surface area contributed by atoms with Crippen LogP contribution in [0, 0.1) is 0 Å². The lowest BCUT2D eigenvalue weighted by molar-refractivity contribution is 0.234. The first kappa shape index (κ1) is 17.8. The molecule has 1 aromatic heterocycles. The summed E-state index contributed by atoms with van der Waals surface area (Å²) in [5.74, 6) is 1.01. The maximum atomic E-state index is 5.64. The van der Waals surface area contributed by atoms with Gasteiger partial charge in [-0.3, -0.25) is 0 Å². The molecular weight excluding hydrogens is 362 g/mol. The molecular formula is C23H25N5O. The van der Waals surface area contributed by atoms with Gasteiger partial charge in [0.1, 0.15) is 11.9 Å². The number of rotatable bonds is 4. The molecule has 6 heteroatoms. The number of anilines is 2.